The van der Waals surface area contributed by atoms with Crippen molar-refractivity contribution in [1.82, 2.24) is 24.5 Å². The highest BCUT2D eigenvalue weighted by Crippen LogP contribution is 2.18. The van der Waals surface area contributed by atoms with Gasteiger partial charge in [0.05, 0.1) is 10.7 Å². The molecule has 0 aliphatic rings. The zero-order chi connectivity index (χ0) is 22.6. The van der Waals surface area contributed by atoms with Crippen LogP contribution in [0, 0.1) is 0 Å². The summed E-state index contributed by atoms with van der Waals surface area (Å²) in [5.41, 5.74) is 4.85. The van der Waals surface area contributed by atoms with Gasteiger partial charge >= 0.3 is 0 Å². The van der Waals surface area contributed by atoms with E-state index in [-0.39, 0.29) is 5.56 Å². The van der Waals surface area contributed by atoms with Crippen molar-refractivity contribution in [3.8, 4) is 5.69 Å². The lowest BCUT2D eigenvalue weighted by Gasteiger charge is -2.12. The summed E-state index contributed by atoms with van der Waals surface area (Å²) in [6.45, 7) is 0. The molecule has 4 aromatic heterocycles. The van der Waals surface area contributed by atoms with Gasteiger partial charge in [0.1, 0.15) is 11.2 Å². The van der Waals surface area contributed by atoms with E-state index >= 15 is 0 Å². The van der Waals surface area contributed by atoms with E-state index in [1.54, 1.807) is 35.6 Å². The molecule has 0 atom stereocenters. The van der Waals surface area contributed by atoms with Crippen LogP contribution in [-0.4, -0.2) is 24.5 Å². The number of hydrogen-bond donors (Lipinski definition) is 0. The molecular weight excluding hydrogens is 434 g/mol. The topological polar surface area (TPSA) is 73.6 Å². The first-order valence-electron chi connectivity index (χ1n) is 10.3. The molecule has 5 aromatic rings. The molecule has 0 spiro atoms. The highest BCUT2D eigenvalue weighted by Gasteiger charge is 2.14. The van der Waals surface area contributed by atoms with Gasteiger partial charge in [0, 0.05) is 37.4 Å². The van der Waals surface area contributed by atoms with Crippen LogP contribution in [0.5, 0.6) is 0 Å². The van der Waals surface area contributed by atoms with Crippen LogP contribution in [0.15, 0.2) is 90.4 Å². The monoisotopic (exact) mass is 451 g/mol. The molecule has 1 aromatic carbocycles. The first kappa shape index (κ1) is 20.7. The van der Waals surface area contributed by atoms with Crippen molar-refractivity contribution < 1.29 is 0 Å². The van der Waals surface area contributed by atoms with Crippen LogP contribution in [0.3, 0.4) is 0 Å². The van der Waals surface area contributed by atoms with Gasteiger partial charge in [-0.3, -0.25) is 19.3 Å². The van der Waals surface area contributed by atoms with Gasteiger partial charge in [-0.05, 0) is 53.1 Å². The van der Waals surface area contributed by atoms with Crippen LogP contribution in [0.1, 0.15) is 22.4 Å². The minimum atomic E-state index is -0.203. The number of aromatic nitrogens is 5. The Labute approximate surface area is 194 Å². The highest BCUT2D eigenvalue weighted by atomic mass is 35.5. The standard InChI is InChI=1S/C26H18ClN5O/c27-21-12-20(16-29-17-21)9-8-18-4-1-6-22(13-18)32-25-23(7-3-11-30-25)31-24(26(32)33)14-19-5-2-10-28-15-19/h1-13,15-17H,14H2/b9-8+. The fourth-order valence-corrected chi connectivity index (χ4v) is 3.78. The lowest BCUT2D eigenvalue weighted by atomic mass is 10.1. The fourth-order valence-electron chi connectivity index (χ4n) is 3.60. The van der Waals surface area contributed by atoms with Crippen molar-refractivity contribution >= 4 is 34.9 Å². The molecule has 4 heterocycles. The quantitative estimate of drug-likeness (QED) is 0.376. The summed E-state index contributed by atoms with van der Waals surface area (Å²) in [4.78, 5) is 30.8. The average molecular weight is 452 g/mol. The third-order valence-corrected chi connectivity index (χ3v) is 5.31. The fraction of sp³-hybridized carbons (Fsp3) is 0.0385. The molecule has 5 rings (SSSR count). The largest absolute Gasteiger partial charge is 0.278 e. The molecule has 33 heavy (non-hydrogen) atoms. The number of nitrogens with zero attached hydrogens (tertiary/aromatic N) is 5. The lowest BCUT2D eigenvalue weighted by Crippen LogP contribution is -2.25. The van der Waals surface area contributed by atoms with Crippen LogP contribution < -0.4 is 5.56 Å². The molecule has 0 bridgehead atoms. The van der Waals surface area contributed by atoms with Gasteiger partial charge in [0.15, 0.2) is 5.65 Å². The number of benzene rings is 1. The van der Waals surface area contributed by atoms with Crippen LogP contribution in [-0.2, 0) is 6.42 Å². The van der Waals surface area contributed by atoms with Gasteiger partial charge in [-0.1, -0.05) is 42.0 Å². The maximum Gasteiger partial charge on any atom is 0.278 e. The van der Waals surface area contributed by atoms with Gasteiger partial charge in [0.2, 0.25) is 0 Å². The summed E-state index contributed by atoms with van der Waals surface area (Å²) >= 11 is 6.03. The predicted molar refractivity (Wildman–Crippen MR) is 130 cm³/mol. The molecule has 0 unspecified atom stereocenters. The maximum atomic E-state index is 13.5. The molecule has 0 radical (unpaired) electrons. The van der Waals surface area contributed by atoms with Gasteiger partial charge < -0.3 is 0 Å². The molecule has 0 saturated heterocycles. The Hall–Kier alpha value is -4.16. The smallest absolute Gasteiger partial charge is 0.267 e. The molecule has 7 heteroatoms. The second-order valence-electron chi connectivity index (χ2n) is 7.45. The Morgan fingerprint density at radius 3 is 2.61 bits per heavy atom. The Morgan fingerprint density at radius 1 is 0.879 bits per heavy atom. The number of pyridine rings is 3. The van der Waals surface area contributed by atoms with E-state index in [1.165, 1.54) is 0 Å². The van der Waals surface area contributed by atoms with Gasteiger partial charge in [-0.2, -0.15) is 0 Å². The Balaban J connectivity index is 1.60. The predicted octanol–water partition coefficient (Wildman–Crippen LogP) is 4.99. The van der Waals surface area contributed by atoms with Gasteiger partial charge in [-0.25, -0.2) is 9.97 Å². The molecule has 0 aliphatic carbocycles. The summed E-state index contributed by atoms with van der Waals surface area (Å²) in [5, 5.41) is 0.577. The zero-order valence-electron chi connectivity index (χ0n) is 17.5. The van der Waals surface area contributed by atoms with E-state index < -0.39 is 0 Å². The Kier molecular flexibility index (Phi) is 5.74. The number of fused-ring (bicyclic) bond motifs is 1. The van der Waals surface area contributed by atoms with Gasteiger partial charge in [0.25, 0.3) is 5.56 Å². The van der Waals surface area contributed by atoms with Crippen LogP contribution >= 0.6 is 11.6 Å². The summed E-state index contributed by atoms with van der Waals surface area (Å²) < 4.78 is 1.62. The molecule has 0 N–H and O–H groups in total. The minimum absolute atomic E-state index is 0.203. The normalized spacial score (nSPS) is 11.3. The van der Waals surface area contributed by atoms with Crippen LogP contribution in [0.4, 0.5) is 0 Å². The molecular formula is C26H18ClN5O. The van der Waals surface area contributed by atoms with Gasteiger partial charge in [-0.15, -0.1) is 0 Å². The molecule has 0 aliphatic heterocycles. The van der Waals surface area contributed by atoms with Crippen molar-refractivity contribution in [2.24, 2.45) is 0 Å². The van der Waals surface area contributed by atoms with E-state index in [0.29, 0.717) is 34.0 Å². The van der Waals surface area contributed by atoms with Crippen molar-refractivity contribution in [1.29, 1.82) is 0 Å². The molecule has 0 saturated carbocycles. The van der Waals surface area contributed by atoms with E-state index in [1.807, 2.05) is 66.7 Å². The van der Waals surface area contributed by atoms with Crippen molar-refractivity contribution in [2.75, 3.05) is 0 Å². The maximum absolute atomic E-state index is 13.5. The van der Waals surface area contributed by atoms with Crippen molar-refractivity contribution in [2.45, 2.75) is 6.42 Å². The first-order valence-corrected chi connectivity index (χ1v) is 10.7. The minimum Gasteiger partial charge on any atom is -0.267 e. The van der Waals surface area contributed by atoms with E-state index in [2.05, 4.69) is 19.9 Å². The zero-order valence-corrected chi connectivity index (χ0v) is 18.2. The average Bonchev–Trinajstić information content (AvgIpc) is 2.84. The summed E-state index contributed by atoms with van der Waals surface area (Å²) in [5.74, 6) is 0. The summed E-state index contributed by atoms with van der Waals surface area (Å²) in [6, 6.07) is 17.0. The van der Waals surface area contributed by atoms with Crippen LogP contribution in [0.25, 0.3) is 29.0 Å². The van der Waals surface area contributed by atoms with Crippen molar-refractivity contribution in [3.05, 3.63) is 123 Å². The first-order chi connectivity index (χ1) is 16.2. The molecule has 0 amide bonds. The second kappa shape index (κ2) is 9.14. The Bertz CT molecular complexity index is 1530. The van der Waals surface area contributed by atoms with E-state index in [0.717, 1.165) is 16.7 Å². The van der Waals surface area contributed by atoms with Crippen LogP contribution in [0.2, 0.25) is 5.02 Å². The Morgan fingerprint density at radius 2 is 1.76 bits per heavy atom. The third kappa shape index (κ3) is 4.56. The number of halogens is 1. The summed E-state index contributed by atoms with van der Waals surface area (Å²) in [7, 11) is 0. The highest BCUT2D eigenvalue weighted by molar-refractivity contribution is 6.30. The van der Waals surface area contributed by atoms with E-state index in [9.17, 15) is 4.79 Å². The molecule has 0 fully saturated rings. The second-order valence-corrected chi connectivity index (χ2v) is 7.88. The molecule has 6 nitrogen and oxygen atoms in total. The summed E-state index contributed by atoms with van der Waals surface area (Å²) in [6.07, 6.45) is 12.7. The third-order valence-electron chi connectivity index (χ3n) is 5.10. The number of rotatable bonds is 5. The van der Waals surface area contributed by atoms with Crippen molar-refractivity contribution in [3.63, 3.8) is 0 Å². The lowest BCUT2D eigenvalue weighted by molar-refractivity contribution is 0.924. The SMILES string of the molecule is O=c1c(Cc2cccnc2)nc2cccnc2n1-c1cccc(/C=C/c2cncc(Cl)c2)c1. The van der Waals surface area contributed by atoms with E-state index in [4.69, 9.17) is 11.6 Å². The number of hydrogen-bond acceptors (Lipinski definition) is 5. The molecule has 160 valence electrons.